The Morgan fingerprint density at radius 1 is 0.767 bits per heavy atom. The van der Waals surface area contributed by atoms with Gasteiger partial charge in [0.2, 0.25) is 0 Å². The summed E-state index contributed by atoms with van der Waals surface area (Å²) in [5.41, 5.74) is -0.505. The Kier molecular flexibility index (Phi) is 11.9. The average Bonchev–Trinajstić information content (AvgIpc) is 2.97. The molecule has 0 saturated heterocycles. The second-order valence-electron chi connectivity index (χ2n) is 12.1. The van der Waals surface area contributed by atoms with Gasteiger partial charge in [0.05, 0.1) is 24.3 Å². The van der Waals surface area contributed by atoms with Crippen LogP contribution in [0.2, 0.25) is 0 Å². The highest BCUT2D eigenvalue weighted by Crippen LogP contribution is 2.23. The number of benzene rings is 3. The van der Waals surface area contributed by atoms with E-state index in [2.05, 4.69) is 10.6 Å². The zero-order valence-electron chi connectivity index (χ0n) is 25.3. The number of carbonyl (C=O) groups excluding carboxylic acids is 2. The standard InChI is InChI=1S/C34H45N3O6/c1-33(2,3)37(32(41)42)28(21-25-16-10-6-11-17-25)30(39)23-35-22-29(38)27(20-24-14-8-5-9-15-24)36-31(40)34(4,43)26-18-12-7-13-19-26/h5-19,27-30,35,38-39,43H,20-23H2,1-4H3,(H,36,40)(H,41,42)/p-1/t27-,28-,29+,30+,34+/m0/s1. The molecule has 0 radical (unpaired) electrons. The fraction of sp³-hybridized carbons (Fsp3) is 0.412. The van der Waals surface area contributed by atoms with Gasteiger partial charge in [0.1, 0.15) is 6.09 Å². The molecule has 3 aromatic carbocycles. The summed E-state index contributed by atoms with van der Waals surface area (Å²) in [4.78, 5) is 26.6. The molecule has 0 aliphatic rings. The summed E-state index contributed by atoms with van der Waals surface area (Å²) in [6.45, 7) is 6.59. The number of aliphatic hydroxyl groups excluding tert-OH is 2. The van der Waals surface area contributed by atoms with Gasteiger partial charge in [-0.1, -0.05) is 91.0 Å². The minimum atomic E-state index is -1.83. The molecule has 9 nitrogen and oxygen atoms in total. The molecule has 0 heterocycles. The van der Waals surface area contributed by atoms with Crippen molar-refractivity contribution in [2.24, 2.45) is 0 Å². The van der Waals surface area contributed by atoms with Crippen molar-refractivity contribution >= 4 is 12.0 Å². The molecule has 232 valence electrons. The summed E-state index contributed by atoms with van der Waals surface area (Å²) in [6, 6.07) is 25.6. The molecule has 0 unspecified atom stereocenters. The van der Waals surface area contributed by atoms with Crippen LogP contribution in [-0.2, 0) is 23.2 Å². The molecule has 3 aromatic rings. The van der Waals surface area contributed by atoms with Gasteiger partial charge in [0, 0.05) is 18.6 Å². The Morgan fingerprint density at radius 2 is 1.23 bits per heavy atom. The Balaban J connectivity index is 1.74. The fourth-order valence-corrected chi connectivity index (χ4v) is 5.17. The van der Waals surface area contributed by atoms with Crippen LogP contribution in [0.1, 0.15) is 44.4 Å². The first-order chi connectivity index (χ1) is 20.3. The molecule has 0 aromatic heterocycles. The number of nitrogens with zero attached hydrogens (tertiary/aromatic N) is 1. The van der Waals surface area contributed by atoms with Crippen LogP contribution in [0.25, 0.3) is 0 Å². The predicted molar refractivity (Wildman–Crippen MR) is 164 cm³/mol. The molecule has 5 atom stereocenters. The van der Waals surface area contributed by atoms with Crippen molar-refractivity contribution in [3.63, 3.8) is 0 Å². The highest BCUT2D eigenvalue weighted by molar-refractivity contribution is 5.86. The van der Waals surface area contributed by atoms with Crippen LogP contribution in [0.5, 0.6) is 0 Å². The van der Waals surface area contributed by atoms with Crippen molar-refractivity contribution in [3.8, 4) is 0 Å². The lowest BCUT2D eigenvalue weighted by Gasteiger charge is -2.45. The topological polar surface area (TPSA) is 145 Å². The van der Waals surface area contributed by atoms with Crippen LogP contribution in [0.4, 0.5) is 4.79 Å². The van der Waals surface area contributed by atoms with Gasteiger partial charge in [-0.15, -0.1) is 0 Å². The molecule has 0 aliphatic carbocycles. The first-order valence-electron chi connectivity index (χ1n) is 14.5. The molecule has 9 heteroatoms. The van der Waals surface area contributed by atoms with Gasteiger partial charge in [-0.3, -0.25) is 4.79 Å². The fourth-order valence-electron chi connectivity index (χ4n) is 5.17. The van der Waals surface area contributed by atoms with Gasteiger partial charge in [0.25, 0.3) is 5.91 Å². The third-order valence-electron chi connectivity index (χ3n) is 7.55. The largest absolute Gasteiger partial charge is 0.530 e. The van der Waals surface area contributed by atoms with Crippen molar-refractivity contribution in [2.45, 2.75) is 76.0 Å². The summed E-state index contributed by atoms with van der Waals surface area (Å²) in [7, 11) is 0. The lowest BCUT2D eigenvalue weighted by atomic mass is 9.93. The van der Waals surface area contributed by atoms with Crippen LogP contribution in [-0.4, -0.2) is 75.1 Å². The third kappa shape index (κ3) is 9.62. The van der Waals surface area contributed by atoms with Crippen molar-refractivity contribution in [2.75, 3.05) is 13.1 Å². The maximum atomic E-state index is 13.2. The molecule has 0 fully saturated rings. The van der Waals surface area contributed by atoms with Crippen molar-refractivity contribution in [1.82, 2.24) is 15.5 Å². The molecule has 2 amide bonds. The quantitative estimate of drug-likeness (QED) is 0.193. The van der Waals surface area contributed by atoms with E-state index in [0.717, 1.165) is 16.0 Å². The van der Waals surface area contributed by atoms with Crippen LogP contribution >= 0.6 is 0 Å². The lowest BCUT2D eigenvalue weighted by Crippen LogP contribution is -2.62. The Labute approximate surface area is 254 Å². The van der Waals surface area contributed by atoms with E-state index < -0.39 is 47.4 Å². The van der Waals surface area contributed by atoms with E-state index in [1.54, 1.807) is 51.1 Å². The maximum Gasteiger partial charge on any atom is 0.256 e. The number of carbonyl (C=O) groups is 2. The molecular weight excluding hydrogens is 546 g/mol. The molecule has 0 bridgehead atoms. The Hall–Kier alpha value is -3.76. The average molecular weight is 591 g/mol. The first kappa shape index (κ1) is 33.7. The highest BCUT2D eigenvalue weighted by Gasteiger charge is 2.36. The summed E-state index contributed by atoms with van der Waals surface area (Å²) in [5.74, 6) is -0.656. The second-order valence-corrected chi connectivity index (χ2v) is 12.1. The highest BCUT2D eigenvalue weighted by atomic mass is 16.4. The summed E-state index contributed by atoms with van der Waals surface area (Å²) in [5, 5.41) is 51.6. The number of rotatable bonds is 14. The number of aliphatic hydroxyl groups is 3. The number of hydrogen-bond acceptors (Lipinski definition) is 7. The van der Waals surface area contributed by atoms with E-state index in [-0.39, 0.29) is 19.5 Å². The van der Waals surface area contributed by atoms with E-state index in [1.807, 2.05) is 60.7 Å². The van der Waals surface area contributed by atoms with Gasteiger partial charge in [-0.2, -0.15) is 0 Å². The van der Waals surface area contributed by atoms with Gasteiger partial charge >= 0.3 is 0 Å². The van der Waals surface area contributed by atoms with E-state index in [0.29, 0.717) is 12.0 Å². The minimum absolute atomic E-state index is 0.0127. The Bertz CT molecular complexity index is 1280. The summed E-state index contributed by atoms with van der Waals surface area (Å²) in [6.07, 6.45) is -3.06. The monoisotopic (exact) mass is 590 g/mol. The van der Waals surface area contributed by atoms with E-state index in [4.69, 9.17) is 0 Å². The molecule has 0 aliphatic heterocycles. The van der Waals surface area contributed by atoms with E-state index >= 15 is 0 Å². The van der Waals surface area contributed by atoms with Crippen LogP contribution < -0.4 is 15.7 Å². The van der Waals surface area contributed by atoms with Gasteiger partial charge in [-0.25, -0.2) is 0 Å². The van der Waals surface area contributed by atoms with Crippen LogP contribution in [0.3, 0.4) is 0 Å². The number of amides is 2. The summed E-state index contributed by atoms with van der Waals surface area (Å²) >= 11 is 0. The molecular formula is C34H44N3O6-. The smallest absolute Gasteiger partial charge is 0.256 e. The number of carboxylic acid groups (broad SMARTS) is 1. The lowest BCUT2D eigenvalue weighted by molar-refractivity contribution is -0.275. The van der Waals surface area contributed by atoms with Crippen LogP contribution in [0, 0.1) is 0 Å². The first-order valence-corrected chi connectivity index (χ1v) is 14.5. The van der Waals surface area contributed by atoms with Crippen LogP contribution in [0.15, 0.2) is 91.0 Å². The Morgan fingerprint density at radius 3 is 1.72 bits per heavy atom. The van der Waals surface area contributed by atoms with E-state index in [9.17, 15) is 30.0 Å². The molecule has 3 rings (SSSR count). The van der Waals surface area contributed by atoms with Crippen molar-refractivity contribution < 1.29 is 30.0 Å². The van der Waals surface area contributed by atoms with Gasteiger partial charge in [0.15, 0.2) is 5.60 Å². The zero-order chi connectivity index (χ0) is 31.6. The van der Waals surface area contributed by atoms with Gasteiger partial charge < -0.3 is 40.8 Å². The third-order valence-corrected chi connectivity index (χ3v) is 7.55. The van der Waals surface area contributed by atoms with Crippen molar-refractivity contribution in [3.05, 3.63) is 108 Å². The zero-order valence-corrected chi connectivity index (χ0v) is 25.3. The normalized spacial score (nSPS) is 15.9. The molecule has 0 saturated carbocycles. The number of hydrogen-bond donors (Lipinski definition) is 5. The summed E-state index contributed by atoms with van der Waals surface area (Å²) < 4.78 is 0. The minimum Gasteiger partial charge on any atom is -0.530 e. The molecule has 5 N–H and O–H groups in total. The van der Waals surface area contributed by atoms with Crippen molar-refractivity contribution in [1.29, 1.82) is 0 Å². The number of nitrogens with one attached hydrogen (secondary N) is 2. The van der Waals surface area contributed by atoms with E-state index in [1.165, 1.54) is 6.92 Å². The van der Waals surface area contributed by atoms with Gasteiger partial charge in [-0.05, 0) is 57.2 Å². The second kappa shape index (κ2) is 15.1. The maximum absolute atomic E-state index is 13.2. The SMILES string of the molecule is CC(C)(C)N(C(=O)[O-])[C@@H](Cc1ccccc1)[C@H](O)CNC[C@@H](O)[C@H](Cc1ccccc1)NC(=O)[C@](C)(O)c1ccccc1. The molecule has 0 spiro atoms. The predicted octanol–water partition coefficient (Wildman–Crippen LogP) is 1.99. The molecule has 43 heavy (non-hydrogen) atoms.